The Morgan fingerprint density at radius 1 is 1.53 bits per heavy atom. The van der Waals surface area contributed by atoms with Crippen molar-refractivity contribution in [2.45, 2.75) is 6.42 Å². The fourth-order valence-corrected chi connectivity index (χ4v) is 1.60. The molecular weight excluding hydrogens is 249 g/mol. The summed E-state index contributed by atoms with van der Waals surface area (Å²) < 4.78 is 17.9. The number of ether oxygens (including phenoxy) is 1. The van der Waals surface area contributed by atoms with E-state index in [-0.39, 0.29) is 30.1 Å². The van der Waals surface area contributed by atoms with Crippen LogP contribution in [0.2, 0.25) is 0 Å². The summed E-state index contributed by atoms with van der Waals surface area (Å²) in [6.45, 7) is 1.00. The van der Waals surface area contributed by atoms with E-state index in [4.69, 9.17) is 15.7 Å². The van der Waals surface area contributed by atoms with Gasteiger partial charge in [-0.25, -0.2) is 4.39 Å². The SMILES string of the molecule is COCCN(CCC#N)C(=O)c1ccc(F)cc1N. The number of carbonyl (C=O) groups is 1. The number of hydrogen-bond acceptors (Lipinski definition) is 4. The van der Waals surface area contributed by atoms with Gasteiger partial charge in [-0.05, 0) is 18.2 Å². The number of halogens is 1. The third-order valence-electron chi connectivity index (χ3n) is 2.59. The molecule has 0 aliphatic carbocycles. The maximum absolute atomic E-state index is 12.9. The fraction of sp³-hybridized carbons (Fsp3) is 0.385. The normalized spacial score (nSPS) is 9.95. The molecule has 1 rings (SSSR count). The van der Waals surface area contributed by atoms with Crippen LogP contribution in [0.25, 0.3) is 0 Å². The Hall–Kier alpha value is -2.13. The standard InChI is InChI=1S/C13H16FN3O2/c1-19-8-7-17(6-2-5-15)13(18)11-4-3-10(14)9-12(11)16/h3-4,9H,2,6-8,16H2,1H3. The minimum Gasteiger partial charge on any atom is -0.398 e. The van der Waals surface area contributed by atoms with Crippen LogP contribution in [0.4, 0.5) is 10.1 Å². The highest BCUT2D eigenvalue weighted by Crippen LogP contribution is 2.16. The number of nitrogens with two attached hydrogens (primary N) is 1. The number of carbonyl (C=O) groups excluding carboxylic acids is 1. The summed E-state index contributed by atoms with van der Waals surface area (Å²) in [5.41, 5.74) is 5.95. The lowest BCUT2D eigenvalue weighted by Gasteiger charge is -2.22. The molecule has 19 heavy (non-hydrogen) atoms. The Balaban J connectivity index is 2.88. The second-order valence-electron chi connectivity index (χ2n) is 3.92. The summed E-state index contributed by atoms with van der Waals surface area (Å²) in [5, 5.41) is 8.59. The molecule has 1 aromatic rings. The van der Waals surface area contributed by atoms with Gasteiger partial charge in [0, 0.05) is 25.9 Å². The number of nitriles is 1. The summed E-state index contributed by atoms with van der Waals surface area (Å²) >= 11 is 0. The van der Waals surface area contributed by atoms with E-state index >= 15 is 0 Å². The lowest BCUT2D eigenvalue weighted by atomic mass is 10.1. The maximum atomic E-state index is 12.9. The number of benzene rings is 1. The van der Waals surface area contributed by atoms with Crippen molar-refractivity contribution < 1.29 is 13.9 Å². The van der Waals surface area contributed by atoms with Crippen molar-refractivity contribution in [3.8, 4) is 6.07 Å². The number of nitrogens with zero attached hydrogens (tertiary/aromatic N) is 2. The molecule has 0 aromatic heterocycles. The minimum absolute atomic E-state index is 0.0874. The molecule has 0 spiro atoms. The van der Waals surface area contributed by atoms with Crippen LogP contribution in [0.3, 0.4) is 0 Å². The average molecular weight is 265 g/mol. The highest BCUT2D eigenvalue weighted by atomic mass is 19.1. The molecule has 0 bridgehead atoms. The number of methoxy groups -OCH3 is 1. The molecule has 102 valence electrons. The highest BCUT2D eigenvalue weighted by Gasteiger charge is 2.17. The van der Waals surface area contributed by atoms with Gasteiger partial charge in [-0.15, -0.1) is 0 Å². The van der Waals surface area contributed by atoms with E-state index in [1.807, 2.05) is 6.07 Å². The molecule has 0 aliphatic rings. The van der Waals surface area contributed by atoms with Crippen LogP contribution < -0.4 is 5.73 Å². The quantitative estimate of drug-likeness (QED) is 0.789. The summed E-state index contributed by atoms with van der Waals surface area (Å²) in [6, 6.07) is 5.61. The Bertz CT molecular complexity index is 485. The molecule has 5 nitrogen and oxygen atoms in total. The Kier molecular flexibility index (Phi) is 5.76. The summed E-state index contributed by atoms with van der Waals surface area (Å²) in [7, 11) is 1.53. The van der Waals surface area contributed by atoms with Gasteiger partial charge in [-0.1, -0.05) is 0 Å². The monoisotopic (exact) mass is 265 g/mol. The predicted molar refractivity (Wildman–Crippen MR) is 68.8 cm³/mol. The molecule has 6 heteroatoms. The largest absolute Gasteiger partial charge is 0.398 e. The molecule has 0 atom stereocenters. The van der Waals surface area contributed by atoms with Crippen LogP contribution in [0.5, 0.6) is 0 Å². The smallest absolute Gasteiger partial charge is 0.256 e. The van der Waals surface area contributed by atoms with Crippen molar-refractivity contribution >= 4 is 11.6 Å². The number of amides is 1. The topological polar surface area (TPSA) is 79.3 Å². The zero-order valence-corrected chi connectivity index (χ0v) is 10.7. The number of hydrogen-bond donors (Lipinski definition) is 1. The van der Waals surface area contributed by atoms with Crippen molar-refractivity contribution in [1.82, 2.24) is 4.90 Å². The van der Waals surface area contributed by atoms with Crippen LogP contribution in [-0.2, 0) is 4.74 Å². The molecule has 0 heterocycles. The van der Waals surface area contributed by atoms with Gasteiger partial charge >= 0.3 is 0 Å². The molecule has 0 saturated heterocycles. The van der Waals surface area contributed by atoms with Crippen molar-refractivity contribution in [2.24, 2.45) is 0 Å². The molecule has 0 fully saturated rings. The van der Waals surface area contributed by atoms with E-state index in [9.17, 15) is 9.18 Å². The van der Waals surface area contributed by atoms with Gasteiger partial charge in [-0.2, -0.15) is 5.26 Å². The van der Waals surface area contributed by atoms with E-state index in [2.05, 4.69) is 0 Å². The molecule has 0 unspecified atom stereocenters. The van der Waals surface area contributed by atoms with Gasteiger partial charge in [0.25, 0.3) is 5.91 Å². The molecule has 0 aliphatic heterocycles. The summed E-state index contributed by atoms with van der Waals surface area (Å²) in [5.74, 6) is -0.820. The first-order chi connectivity index (χ1) is 9.10. The first kappa shape index (κ1) is 14.9. The zero-order valence-electron chi connectivity index (χ0n) is 10.7. The van der Waals surface area contributed by atoms with Gasteiger partial charge in [0.05, 0.1) is 24.7 Å². The van der Waals surface area contributed by atoms with E-state index in [0.717, 1.165) is 6.07 Å². The van der Waals surface area contributed by atoms with Gasteiger partial charge in [-0.3, -0.25) is 4.79 Å². The second-order valence-corrected chi connectivity index (χ2v) is 3.92. The van der Waals surface area contributed by atoms with Crippen LogP contribution in [-0.4, -0.2) is 37.6 Å². The van der Waals surface area contributed by atoms with E-state index in [1.165, 1.54) is 24.1 Å². The zero-order chi connectivity index (χ0) is 14.3. The lowest BCUT2D eigenvalue weighted by Crippen LogP contribution is -2.35. The molecule has 1 amide bonds. The van der Waals surface area contributed by atoms with Gasteiger partial charge in [0.15, 0.2) is 0 Å². The van der Waals surface area contributed by atoms with Crippen molar-refractivity contribution in [1.29, 1.82) is 5.26 Å². The van der Waals surface area contributed by atoms with Crippen molar-refractivity contribution in [2.75, 3.05) is 32.5 Å². The van der Waals surface area contributed by atoms with E-state index in [1.54, 1.807) is 0 Å². The minimum atomic E-state index is -0.491. The Morgan fingerprint density at radius 3 is 2.84 bits per heavy atom. The number of rotatable bonds is 6. The van der Waals surface area contributed by atoms with Crippen LogP contribution in [0.1, 0.15) is 16.8 Å². The molecule has 2 N–H and O–H groups in total. The highest BCUT2D eigenvalue weighted by molar-refractivity contribution is 5.99. The number of anilines is 1. The predicted octanol–water partition coefficient (Wildman–Crippen LogP) is 1.41. The summed E-state index contributed by atoms with van der Waals surface area (Å²) in [4.78, 5) is 13.7. The molecule has 0 radical (unpaired) electrons. The lowest BCUT2D eigenvalue weighted by molar-refractivity contribution is 0.0701. The fourth-order valence-electron chi connectivity index (χ4n) is 1.60. The molecule has 0 saturated carbocycles. The van der Waals surface area contributed by atoms with E-state index < -0.39 is 5.82 Å². The average Bonchev–Trinajstić information content (AvgIpc) is 2.38. The molecule has 1 aromatic carbocycles. The van der Waals surface area contributed by atoms with Crippen LogP contribution >= 0.6 is 0 Å². The van der Waals surface area contributed by atoms with Gasteiger partial charge in [0.1, 0.15) is 5.82 Å². The first-order valence-electron chi connectivity index (χ1n) is 5.80. The van der Waals surface area contributed by atoms with Crippen LogP contribution in [0.15, 0.2) is 18.2 Å². The van der Waals surface area contributed by atoms with Gasteiger partial charge < -0.3 is 15.4 Å². The van der Waals surface area contributed by atoms with E-state index in [0.29, 0.717) is 13.2 Å². The third kappa shape index (κ3) is 4.23. The third-order valence-corrected chi connectivity index (χ3v) is 2.59. The number of nitrogen functional groups attached to an aromatic ring is 1. The first-order valence-corrected chi connectivity index (χ1v) is 5.80. The van der Waals surface area contributed by atoms with Crippen molar-refractivity contribution in [3.63, 3.8) is 0 Å². The molecular formula is C13H16FN3O2. The van der Waals surface area contributed by atoms with Crippen molar-refractivity contribution in [3.05, 3.63) is 29.6 Å². The Labute approximate surface area is 111 Å². The van der Waals surface area contributed by atoms with Gasteiger partial charge in [0.2, 0.25) is 0 Å². The Morgan fingerprint density at radius 2 is 2.26 bits per heavy atom. The second kappa shape index (κ2) is 7.34. The maximum Gasteiger partial charge on any atom is 0.256 e. The van der Waals surface area contributed by atoms with Crippen LogP contribution in [0, 0.1) is 17.1 Å². The summed E-state index contributed by atoms with van der Waals surface area (Å²) in [6.07, 6.45) is 0.219.